The van der Waals surface area contributed by atoms with Gasteiger partial charge in [0.25, 0.3) is 0 Å². The third kappa shape index (κ3) is 4.88. The van der Waals surface area contributed by atoms with Gasteiger partial charge in [-0.1, -0.05) is 32.5 Å². The van der Waals surface area contributed by atoms with E-state index in [1.165, 1.54) is 0 Å². The Morgan fingerprint density at radius 1 is 1.15 bits per heavy atom. The average molecular weight is 198 g/mol. The van der Waals surface area contributed by atoms with Gasteiger partial charge in [0.15, 0.2) is 5.16 Å². The first-order valence-electron chi connectivity index (χ1n) is 4.67. The first kappa shape index (κ1) is 12.4. The van der Waals surface area contributed by atoms with E-state index in [2.05, 4.69) is 16.9 Å². The van der Waals surface area contributed by atoms with Gasteiger partial charge in [-0.3, -0.25) is 0 Å². The van der Waals surface area contributed by atoms with E-state index in [0.717, 1.165) is 22.3 Å². The molecule has 0 N–H and O–H groups in total. The van der Waals surface area contributed by atoms with Crippen molar-refractivity contribution in [3.63, 3.8) is 0 Å². The summed E-state index contributed by atoms with van der Waals surface area (Å²) in [6.07, 6.45) is 0. The van der Waals surface area contributed by atoms with Crippen molar-refractivity contribution in [2.45, 2.75) is 39.8 Å². The van der Waals surface area contributed by atoms with E-state index in [-0.39, 0.29) is 0 Å². The highest BCUT2D eigenvalue weighted by Gasteiger charge is 1.97. The van der Waals surface area contributed by atoms with Gasteiger partial charge in [-0.05, 0) is 25.7 Å². The minimum absolute atomic E-state index is 0.894. The van der Waals surface area contributed by atoms with Crippen molar-refractivity contribution in [3.8, 4) is 0 Å². The maximum absolute atomic E-state index is 4.28. The van der Waals surface area contributed by atoms with Crippen LogP contribution in [0.15, 0.2) is 11.2 Å². The van der Waals surface area contributed by atoms with Crippen LogP contribution in [0.4, 0.5) is 0 Å². The molecule has 0 spiro atoms. The maximum atomic E-state index is 4.28. The van der Waals surface area contributed by atoms with Crippen LogP contribution in [0.2, 0.25) is 0 Å². The van der Waals surface area contributed by atoms with Gasteiger partial charge in [-0.15, -0.1) is 0 Å². The van der Waals surface area contributed by atoms with Crippen LogP contribution in [-0.2, 0) is 0 Å². The van der Waals surface area contributed by atoms with Crippen molar-refractivity contribution in [2.75, 3.05) is 5.75 Å². The fourth-order valence-corrected chi connectivity index (χ4v) is 1.56. The smallest absolute Gasteiger partial charge is 0.187 e. The standard InChI is InChI=1S/C8H12N2S.C2H6/c1-4-11-8-9-6(2)5-7(3)10-8;1-2/h5H,4H2,1-3H3;1-2H3. The molecule has 1 heterocycles. The first-order valence-corrected chi connectivity index (χ1v) is 5.66. The second-order valence-electron chi connectivity index (χ2n) is 2.37. The monoisotopic (exact) mass is 198 g/mol. The number of aryl methyl sites for hydroxylation is 2. The molecular formula is C10H18N2S. The molecule has 1 aromatic heterocycles. The maximum Gasteiger partial charge on any atom is 0.187 e. The molecule has 1 rings (SSSR count). The predicted octanol–water partition coefficient (Wildman–Crippen LogP) is 3.23. The molecule has 0 aliphatic rings. The van der Waals surface area contributed by atoms with E-state index < -0.39 is 0 Å². The highest BCUT2D eigenvalue weighted by atomic mass is 32.2. The number of nitrogens with zero attached hydrogens (tertiary/aromatic N) is 2. The van der Waals surface area contributed by atoms with Crippen LogP contribution >= 0.6 is 11.8 Å². The molecule has 0 saturated heterocycles. The van der Waals surface area contributed by atoms with Gasteiger partial charge in [0.1, 0.15) is 0 Å². The average Bonchev–Trinajstić information content (AvgIpc) is 2.06. The van der Waals surface area contributed by atoms with Crippen LogP contribution in [0.1, 0.15) is 32.2 Å². The molecule has 0 saturated carbocycles. The van der Waals surface area contributed by atoms with Crippen LogP contribution in [0.25, 0.3) is 0 Å². The summed E-state index contributed by atoms with van der Waals surface area (Å²) in [6.45, 7) is 10.1. The lowest BCUT2D eigenvalue weighted by atomic mass is 10.4. The van der Waals surface area contributed by atoms with Crippen molar-refractivity contribution in [1.82, 2.24) is 9.97 Å². The Labute approximate surface area is 85.2 Å². The third-order valence-electron chi connectivity index (χ3n) is 1.24. The lowest BCUT2D eigenvalue weighted by molar-refractivity contribution is 0.902. The molecule has 2 nitrogen and oxygen atoms in total. The van der Waals surface area contributed by atoms with Gasteiger partial charge in [-0.2, -0.15) is 0 Å². The summed E-state index contributed by atoms with van der Waals surface area (Å²) in [7, 11) is 0. The second kappa shape index (κ2) is 6.89. The molecule has 0 amide bonds. The van der Waals surface area contributed by atoms with Gasteiger partial charge in [0, 0.05) is 11.4 Å². The highest BCUT2D eigenvalue weighted by Crippen LogP contribution is 2.12. The molecule has 0 unspecified atom stereocenters. The zero-order valence-corrected chi connectivity index (χ0v) is 9.90. The molecule has 13 heavy (non-hydrogen) atoms. The summed E-state index contributed by atoms with van der Waals surface area (Å²) >= 11 is 1.68. The normalized spacial score (nSPS) is 9.00. The number of hydrogen-bond donors (Lipinski definition) is 0. The Balaban J connectivity index is 0.000000671. The molecule has 0 fully saturated rings. The number of rotatable bonds is 2. The van der Waals surface area contributed by atoms with Crippen LogP contribution in [0, 0.1) is 13.8 Å². The van der Waals surface area contributed by atoms with E-state index in [0.29, 0.717) is 0 Å². The van der Waals surface area contributed by atoms with Crippen molar-refractivity contribution < 1.29 is 0 Å². The van der Waals surface area contributed by atoms with Crippen LogP contribution in [0.5, 0.6) is 0 Å². The molecule has 0 radical (unpaired) electrons. The topological polar surface area (TPSA) is 25.8 Å². The summed E-state index contributed by atoms with van der Waals surface area (Å²) in [4.78, 5) is 8.55. The highest BCUT2D eigenvalue weighted by molar-refractivity contribution is 7.99. The van der Waals surface area contributed by atoms with E-state index in [1.807, 2.05) is 33.8 Å². The van der Waals surface area contributed by atoms with Crippen LogP contribution in [-0.4, -0.2) is 15.7 Å². The third-order valence-corrected chi connectivity index (χ3v) is 1.96. The fourth-order valence-electron chi connectivity index (χ4n) is 0.887. The molecule has 0 aliphatic carbocycles. The molecule has 0 bridgehead atoms. The van der Waals surface area contributed by atoms with Crippen LogP contribution in [0.3, 0.4) is 0 Å². The van der Waals surface area contributed by atoms with Crippen molar-refractivity contribution in [2.24, 2.45) is 0 Å². The van der Waals surface area contributed by atoms with Gasteiger partial charge in [-0.25, -0.2) is 9.97 Å². The summed E-state index contributed by atoms with van der Waals surface area (Å²) in [5.74, 6) is 1.03. The minimum atomic E-state index is 0.894. The summed E-state index contributed by atoms with van der Waals surface area (Å²) in [6, 6.07) is 1.99. The summed E-state index contributed by atoms with van der Waals surface area (Å²) < 4.78 is 0. The van der Waals surface area contributed by atoms with Gasteiger partial charge < -0.3 is 0 Å². The minimum Gasteiger partial charge on any atom is -0.228 e. The van der Waals surface area contributed by atoms with Gasteiger partial charge in [0.05, 0.1) is 0 Å². The van der Waals surface area contributed by atoms with Crippen molar-refractivity contribution in [1.29, 1.82) is 0 Å². The summed E-state index contributed by atoms with van der Waals surface area (Å²) in [5.41, 5.74) is 2.10. The predicted molar refractivity (Wildman–Crippen MR) is 59.3 cm³/mol. The molecule has 1 aromatic rings. The molecule has 3 heteroatoms. The summed E-state index contributed by atoms with van der Waals surface area (Å²) in [5, 5.41) is 0.894. The Morgan fingerprint density at radius 3 is 2.00 bits per heavy atom. The van der Waals surface area contributed by atoms with Gasteiger partial charge >= 0.3 is 0 Å². The first-order chi connectivity index (χ1) is 6.22. The number of hydrogen-bond acceptors (Lipinski definition) is 3. The zero-order chi connectivity index (χ0) is 10.3. The Bertz CT molecular complexity index is 228. The number of aromatic nitrogens is 2. The van der Waals surface area contributed by atoms with E-state index in [1.54, 1.807) is 11.8 Å². The lowest BCUT2D eigenvalue weighted by Gasteiger charge is -1.99. The molecule has 0 aromatic carbocycles. The quantitative estimate of drug-likeness (QED) is 0.539. The van der Waals surface area contributed by atoms with Crippen LogP contribution < -0.4 is 0 Å². The van der Waals surface area contributed by atoms with Crippen molar-refractivity contribution >= 4 is 11.8 Å². The molecule has 74 valence electrons. The Kier molecular flexibility index (Phi) is 6.59. The zero-order valence-electron chi connectivity index (χ0n) is 9.09. The fraction of sp³-hybridized carbons (Fsp3) is 0.600. The van der Waals surface area contributed by atoms with E-state index in [4.69, 9.17) is 0 Å². The van der Waals surface area contributed by atoms with E-state index in [9.17, 15) is 0 Å². The largest absolute Gasteiger partial charge is 0.228 e. The van der Waals surface area contributed by atoms with Crippen molar-refractivity contribution in [3.05, 3.63) is 17.5 Å². The Morgan fingerprint density at radius 2 is 1.62 bits per heavy atom. The van der Waals surface area contributed by atoms with Gasteiger partial charge in [0.2, 0.25) is 0 Å². The number of thioether (sulfide) groups is 1. The SMILES string of the molecule is CC.CCSc1nc(C)cc(C)n1. The van der Waals surface area contributed by atoms with E-state index >= 15 is 0 Å². The molecule has 0 aliphatic heterocycles. The lowest BCUT2D eigenvalue weighted by Crippen LogP contribution is -1.92. The molecular weight excluding hydrogens is 180 g/mol. The Hall–Kier alpha value is -0.570. The molecule has 0 atom stereocenters. The second-order valence-corrected chi connectivity index (χ2v) is 3.60.